The Bertz CT molecular complexity index is 1040. The third kappa shape index (κ3) is 4.29. The van der Waals surface area contributed by atoms with Gasteiger partial charge in [0.1, 0.15) is 10.9 Å². The van der Waals surface area contributed by atoms with E-state index in [1.165, 1.54) is 12.1 Å². The molecule has 2 aromatic heterocycles. The van der Waals surface area contributed by atoms with Crippen molar-refractivity contribution in [1.82, 2.24) is 9.38 Å². The molecule has 0 spiro atoms. The van der Waals surface area contributed by atoms with Crippen molar-refractivity contribution in [3.05, 3.63) is 34.8 Å². The number of hydrogen-bond acceptors (Lipinski definition) is 4. The quantitative estimate of drug-likeness (QED) is 0.745. The zero-order valence-electron chi connectivity index (χ0n) is 16.8. The molecule has 160 valence electrons. The molecule has 0 saturated heterocycles. The molecule has 6 nitrogen and oxygen atoms in total. The lowest BCUT2D eigenvalue weighted by Gasteiger charge is -2.28. The Hall–Kier alpha value is -2.03. The van der Waals surface area contributed by atoms with Gasteiger partial charge in [0.05, 0.1) is 11.3 Å². The summed E-state index contributed by atoms with van der Waals surface area (Å²) >= 11 is 0. The number of aromatic nitrogens is 2. The second-order valence-electron chi connectivity index (χ2n) is 7.93. The summed E-state index contributed by atoms with van der Waals surface area (Å²) in [4.78, 5) is 15.9. The first-order valence-corrected chi connectivity index (χ1v) is 11.5. The number of nitrogens with zero attached hydrogens (tertiary/aromatic N) is 2. The number of halogens is 2. The normalized spacial score (nSPS) is 18.8. The van der Waals surface area contributed by atoms with Crippen molar-refractivity contribution in [1.29, 1.82) is 0 Å². The largest absolute Gasteiger partial charge is 0.478 e. The zero-order chi connectivity index (χ0) is 21.6. The van der Waals surface area contributed by atoms with E-state index >= 15 is 0 Å². The number of hydrogen-bond donors (Lipinski definition) is 1. The van der Waals surface area contributed by atoms with Gasteiger partial charge in [-0.05, 0) is 51.2 Å². The van der Waals surface area contributed by atoms with Gasteiger partial charge in [0.25, 0.3) is 0 Å². The fourth-order valence-electron chi connectivity index (χ4n) is 4.09. The van der Waals surface area contributed by atoms with Gasteiger partial charge in [-0.15, -0.1) is 0 Å². The number of pyridine rings is 1. The molecule has 2 heterocycles. The smallest absolute Gasteiger partial charge is 0.335 e. The van der Waals surface area contributed by atoms with Crippen molar-refractivity contribution in [3.63, 3.8) is 0 Å². The third-order valence-electron chi connectivity index (χ3n) is 5.92. The Kier molecular flexibility index (Phi) is 5.73. The highest BCUT2D eigenvalue weighted by molar-refractivity contribution is 7.91. The first-order valence-electron chi connectivity index (χ1n) is 9.79. The Labute approximate surface area is 168 Å². The van der Waals surface area contributed by atoms with Crippen molar-refractivity contribution in [2.24, 2.45) is 5.92 Å². The van der Waals surface area contributed by atoms with E-state index in [1.54, 1.807) is 25.2 Å². The zero-order valence-corrected chi connectivity index (χ0v) is 17.6. The van der Waals surface area contributed by atoms with Crippen molar-refractivity contribution in [3.8, 4) is 0 Å². The molecule has 0 bridgehead atoms. The number of sulfone groups is 1. The number of alkyl halides is 2. The second-order valence-corrected chi connectivity index (χ2v) is 10.5. The minimum atomic E-state index is -3.43. The van der Waals surface area contributed by atoms with Crippen molar-refractivity contribution in [2.75, 3.05) is 5.75 Å². The van der Waals surface area contributed by atoms with Crippen LogP contribution in [0.25, 0.3) is 5.65 Å². The van der Waals surface area contributed by atoms with E-state index in [0.717, 1.165) is 0 Å². The minimum absolute atomic E-state index is 0.00311. The average molecular weight is 429 g/mol. The van der Waals surface area contributed by atoms with E-state index in [9.17, 15) is 27.1 Å². The molecule has 1 saturated carbocycles. The molecule has 0 aliphatic heterocycles. The Balaban J connectivity index is 2.11. The van der Waals surface area contributed by atoms with Crippen LogP contribution in [-0.4, -0.2) is 40.6 Å². The molecular formula is C20H26F2N2O4S. The fraction of sp³-hybridized carbons (Fsp3) is 0.600. The monoisotopic (exact) mass is 428 g/mol. The number of aromatic carboxylic acids is 1. The van der Waals surface area contributed by atoms with Gasteiger partial charge in [0.2, 0.25) is 5.92 Å². The van der Waals surface area contributed by atoms with Crippen LogP contribution >= 0.6 is 0 Å². The van der Waals surface area contributed by atoms with Gasteiger partial charge >= 0.3 is 5.97 Å². The van der Waals surface area contributed by atoms with E-state index in [4.69, 9.17) is 0 Å². The molecule has 1 N–H and O–H groups in total. The number of carboxylic acid groups (broad SMARTS) is 1. The number of fused-ring (bicyclic) bond motifs is 1. The molecular weight excluding hydrogens is 402 g/mol. The molecule has 1 aliphatic rings. The molecule has 1 aliphatic carbocycles. The van der Waals surface area contributed by atoms with Crippen LogP contribution in [0.4, 0.5) is 8.78 Å². The summed E-state index contributed by atoms with van der Waals surface area (Å²) in [5.74, 6) is -3.77. The fourth-order valence-corrected chi connectivity index (χ4v) is 5.12. The molecule has 9 heteroatoms. The number of rotatable bonds is 6. The van der Waals surface area contributed by atoms with Gasteiger partial charge in [0, 0.05) is 30.0 Å². The lowest BCUT2D eigenvalue weighted by molar-refractivity contribution is -0.0457. The number of aryl methyl sites for hydroxylation is 1. The summed E-state index contributed by atoms with van der Waals surface area (Å²) in [6.45, 7) is 4.88. The number of carbonyl (C=O) groups is 1. The van der Waals surface area contributed by atoms with Crippen LogP contribution in [0.1, 0.15) is 72.2 Å². The van der Waals surface area contributed by atoms with E-state index < -0.39 is 27.0 Å². The molecule has 0 aromatic carbocycles. The Morgan fingerprint density at radius 2 is 1.97 bits per heavy atom. The second kappa shape index (κ2) is 7.66. The van der Waals surface area contributed by atoms with Gasteiger partial charge in [-0.2, -0.15) is 0 Å². The van der Waals surface area contributed by atoms with Gasteiger partial charge in [0.15, 0.2) is 9.84 Å². The van der Waals surface area contributed by atoms with E-state index in [1.807, 2.05) is 0 Å². The van der Waals surface area contributed by atoms with Gasteiger partial charge in [-0.3, -0.25) is 0 Å². The van der Waals surface area contributed by atoms with Crippen molar-refractivity contribution in [2.45, 2.75) is 64.0 Å². The maximum Gasteiger partial charge on any atom is 0.335 e. The Morgan fingerprint density at radius 1 is 1.34 bits per heavy atom. The lowest BCUT2D eigenvalue weighted by atomic mass is 9.83. The van der Waals surface area contributed by atoms with Crippen LogP contribution in [0.15, 0.2) is 12.1 Å². The van der Waals surface area contributed by atoms with E-state index in [2.05, 4.69) is 4.98 Å². The highest BCUT2D eigenvalue weighted by Crippen LogP contribution is 2.39. The summed E-state index contributed by atoms with van der Waals surface area (Å²) in [7, 11) is -3.43. The standard InChI is InChI=1S/C20H26F2N2O4S/c1-4-29(27,28)13(3)18-16(10-14-5-7-20(21,22)8-6-14)24-12(2)9-15(19(25)26)11-17(24)23-18/h9,11,13-14H,4-8,10H2,1-3H3,(H,25,26). The number of carboxylic acids is 1. The topological polar surface area (TPSA) is 88.7 Å². The molecule has 1 unspecified atom stereocenters. The molecule has 1 atom stereocenters. The SMILES string of the molecule is CCS(=O)(=O)C(C)c1nc2cc(C(=O)O)cc(C)n2c1CC1CCC(F)(F)CC1. The summed E-state index contributed by atoms with van der Waals surface area (Å²) in [6, 6.07) is 2.93. The van der Waals surface area contributed by atoms with Crippen molar-refractivity contribution >= 4 is 21.5 Å². The highest BCUT2D eigenvalue weighted by Gasteiger charge is 2.36. The number of imidazole rings is 1. The molecule has 1 fully saturated rings. The maximum atomic E-state index is 13.6. The predicted molar refractivity (Wildman–Crippen MR) is 105 cm³/mol. The van der Waals surface area contributed by atoms with Gasteiger partial charge in [-0.1, -0.05) is 6.92 Å². The average Bonchev–Trinajstić information content (AvgIpc) is 3.01. The van der Waals surface area contributed by atoms with Crippen LogP contribution < -0.4 is 0 Å². The lowest BCUT2D eigenvalue weighted by Crippen LogP contribution is -2.26. The van der Waals surface area contributed by atoms with Crippen LogP contribution in [-0.2, 0) is 16.3 Å². The minimum Gasteiger partial charge on any atom is -0.478 e. The summed E-state index contributed by atoms with van der Waals surface area (Å²) in [5.41, 5.74) is 2.12. The molecule has 3 rings (SSSR count). The molecule has 29 heavy (non-hydrogen) atoms. The molecule has 0 amide bonds. The van der Waals surface area contributed by atoms with Crippen molar-refractivity contribution < 1.29 is 27.1 Å². The van der Waals surface area contributed by atoms with Crippen LogP contribution in [0.5, 0.6) is 0 Å². The van der Waals surface area contributed by atoms with Crippen LogP contribution in [0.3, 0.4) is 0 Å². The highest BCUT2D eigenvalue weighted by atomic mass is 32.2. The summed E-state index contributed by atoms with van der Waals surface area (Å²) < 4.78 is 53.9. The van der Waals surface area contributed by atoms with E-state index in [-0.39, 0.29) is 30.1 Å². The molecule has 2 aromatic rings. The summed E-state index contributed by atoms with van der Waals surface area (Å²) in [6.07, 6.45) is 0.814. The first kappa shape index (κ1) is 21.7. The first-order chi connectivity index (χ1) is 13.4. The maximum absolute atomic E-state index is 13.6. The van der Waals surface area contributed by atoms with Crippen LogP contribution in [0.2, 0.25) is 0 Å². The van der Waals surface area contributed by atoms with E-state index in [0.29, 0.717) is 42.0 Å². The van der Waals surface area contributed by atoms with Crippen LogP contribution in [0, 0.1) is 12.8 Å². The predicted octanol–water partition coefficient (Wildman–Crippen LogP) is 4.20. The summed E-state index contributed by atoms with van der Waals surface area (Å²) in [5, 5.41) is 8.47. The Morgan fingerprint density at radius 3 is 2.52 bits per heavy atom. The molecule has 0 radical (unpaired) electrons. The third-order valence-corrected chi connectivity index (χ3v) is 8.03. The van der Waals surface area contributed by atoms with Gasteiger partial charge in [-0.25, -0.2) is 27.0 Å². The van der Waals surface area contributed by atoms with Gasteiger partial charge < -0.3 is 9.51 Å².